The second-order valence-electron chi connectivity index (χ2n) is 4.19. The van der Waals surface area contributed by atoms with Crippen LogP contribution in [0.1, 0.15) is 22.4 Å². The number of alkyl halides is 3. The molecule has 1 heterocycles. The molecule has 0 radical (unpaired) electrons. The summed E-state index contributed by atoms with van der Waals surface area (Å²) in [5.41, 5.74) is -2.92. The van der Waals surface area contributed by atoms with Crippen LogP contribution in [0.5, 0.6) is 0 Å². The van der Waals surface area contributed by atoms with Crippen LogP contribution in [0.2, 0.25) is 0 Å². The van der Waals surface area contributed by atoms with Crippen molar-refractivity contribution < 1.29 is 18.3 Å². The highest BCUT2D eigenvalue weighted by atomic mass is 32.2. The van der Waals surface area contributed by atoms with Crippen molar-refractivity contribution in [2.75, 3.05) is 0 Å². The second-order valence-corrected chi connectivity index (χ2v) is 6.40. The first-order chi connectivity index (χ1) is 9.33. The van der Waals surface area contributed by atoms with Crippen molar-refractivity contribution in [3.63, 3.8) is 0 Å². The Bertz CT molecular complexity index is 566. The van der Waals surface area contributed by atoms with Crippen molar-refractivity contribution in [3.05, 3.63) is 45.9 Å². The van der Waals surface area contributed by atoms with Crippen LogP contribution in [0, 0.1) is 6.92 Å². The molecule has 2 rings (SSSR count). The fraction of sp³-hybridized carbons (Fsp3) is 0.308. The van der Waals surface area contributed by atoms with Crippen molar-refractivity contribution in [2.24, 2.45) is 0 Å². The first-order valence-electron chi connectivity index (χ1n) is 5.78. The van der Waals surface area contributed by atoms with Gasteiger partial charge >= 0.3 is 5.51 Å². The van der Waals surface area contributed by atoms with Crippen molar-refractivity contribution in [2.45, 2.75) is 29.9 Å². The summed E-state index contributed by atoms with van der Waals surface area (Å²) in [5, 5.41) is 12.8. The Balaban J connectivity index is 2.02. The van der Waals surface area contributed by atoms with Gasteiger partial charge in [-0.15, -0.1) is 11.3 Å². The molecule has 1 unspecified atom stereocenters. The molecule has 20 heavy (non-hydrogen) atoms. The summed E-state index contributed by atoms with van der Waals surface area (Å²) < 4.78 is 36.6. The number of benzene rings is 1. The summed E-state index contributed by atoms with van der Waals surface area (Å²) in [5.74, 6) is 0. The highest BCUT2D eigenvalue weighted by Crippen LogP contribution is 2.37. The van der Waals surface area contributed by atoms with E-state index in [1.807, 2.05) is 12.3 Å². The average Bonchev–Trinajstić information content (AvgIpc) is 2.73. The van der Waals surface area contributed by atoms with Gasteiger partial charge in [-0.1, -0.05) is 12.1 Å². The lowest BCUT2D eigenvalue weighted by Crippen LogP contribution is -2.03. The van der Waals surface area contributed by atoms with Gasteiger partial charge in [0.15, 0.2) is 0 Å². The number of nitrogens with zero attached hydrogens (tertiary/aromatic N) is 1. The minimum Gasteiger partial charge on any atom is -0.388 e. The van der Waals surface area contributed by atoms with E-state index in [1.54, 1.807) is 0 Å². The Morgan fingerprint density at radius 3 is 2.45 bits per heavy atom. The normalized spacial score (nSPS) is 13.4. The number of aryl methyl sites for hydroxylation is 1. The zero-order chi connectivity index (χ0) is 14.8. The van der Waals surface area contributed by atoms with Crippen LogP contribution in [0.3, 0.4) is 0 Å². The van der Waals surface area contributed by atoms with Crippen LogP contribution >= 0.6 is 23.1 Å². The predicted molar refractivity (Wildman–Crippen MR) is 73.9 cm³/mol. The largest absolute Gasteiger partial charge is 0.446 e. The van der Waals surface area contributed by atoms with E-state index in [2.05, 4.69) is 4.98 Å². The number of thiazole rings is 1. The highest BCUT2D eigenvalue weighted by Gasteiger charge is 2.29. The van der Waals surface area contributed by atoms with E-state index < -0.39 is 11.6 Å². The van der Waals surface area contributed by atoms with Gasteiger partial charge in [-0.3, -0.25) is 0 Å². The molecule has 7 heteroatoms. The quantitative estimate of drug-likeness (QED) is 0.851. The van der Waals surface area contributed by atoms with Gasteiger partial charge in [-0.25, -0.2) is 4.98 Å². The predicted octanol–water partition coefficient (Wildman–Crippen LogP) is 4.34. The minimum absolute atomic E-state index is 0.109. The Labute approximate surface area is 122 Å². The second kappa shape index (κ2) is 6.15. The molecular weight excluding hydrogens is 307 g/mol. The Kier molecular flexibility index (Phi) is 4.72. The van der Waals surface area contributed by atoms with Gasteiger partial charge in [0.25, 0.3) is 0 Å². The summed E-state index contributed by atoms with van der Waals surface area (Å²) in [6, 6.07) is 5.75. The average molecular weight is 319 g/mol. The Morgan fingerprint density at radius 1 is 1.30 bits per heavy atom. The van der Waals surface area contributed by atoms with E-state index in [4.69, 9.17) is 0 Å². The smallest absolute Gasteiger partial charge is 0.388 e. The fourth-order valence-corrected chi connectivity index (χ4v) is 2.87. The van der Waals surface area contributed by atoms with Crippen LogP contribution in [0.15, 0.2) is 34.5 Å². The summed E-state index contributed by atoms with van der Waals surface area (Å²) in [7, 11) is 0. The van der Waals surface area contributed by atoms with Crippen LogP contribution in [-0.2, 0) is 6.42 Å². The molecule has 0 fully saturated rings. The number of aromatic nitrogens is 1. The highest BCUT2D eigenvalue weighted by molar-refractivity contribution is 8.00. The number of halogens is 3. The van der Waals surface area contributed by atoms with E-state index in [1.165, 1.54) is 35.6 Å². The molecule has 108 valence electrons. The minimum atomic E-state index is -4.29. The van der Waals surface area contributed by atoms with E-state index in [9.17, 15) is 18.3 Å². The maximum absolute atomic E-state index is 12.2. The summed E-state index contributed by atoms with van der Waals surface area (Å²) >= 11 is 1.34. The molecule has 1 N–H and O–H groups in total. The third-order valence-corrected chi connectivity index (χ3v) is 4.13. The van der Waals surface area contributed by atoms with E-state index in [-0.39, 0.29) is 16.7 Å². The maximum Gasteiger partial charge on any atom is 0.446 e. The molecule has 0 saturated carbocycles. The van der Waals surface area contributed by atoms with Gasteiger partial charge in [0.2, 0.25) is 0 Å². The van der Waals surface area contributed by atoms with Gasteiger partial charge in [-0.05, 0) is 36.4 Å². The number of rotatable bonds is 4. The molecule has 0 bridgehead atoms. The molecule has 1 aromatic heterocycles. The van der Waals surface area contributed by atoms with Crippen LogP contribution in [0.25, 0.3) is 0 Å². The third-order valence-electron chi connectivity index (χ3n) is 2.57. The third kappa shape index (κ3) is 4.50. The van der Waals surface area contributed by atoms with Crippen LogP contribution in [-0.4, -0.2) is 15.6 Å². The molecule has 0 aliphatic rings. The van der Waals surface area contributed by atoms with Gasteiger partial charge < -0.3 is 5.11 Å². The first-order valence-corrected chi connectivity index (χ1v) is 7.48. The van der Waals surface area contributed by atoms with Crippen molar-refractivity contribution >= 4 is 23.1 Å². The zero-order valence-corrected chi connectivity index (χ0v) is 12.1. The Morgan fingerprint density at radius 2 is 1.95 bits per heavy atom. The van der Waals surface area contributed by atoms with E-state index in [0.717, 1.165) is 10.7 Å². The van der Waals surface area contributed by atoms with Gasteiger partial charge in [-0.2, -0.15) is 13.2 Å². The number of thioether (sulfide) groups is 1. The van der Waals surface area contributed by atoms with Gasteiger partial charge in [0.1, 0.15) is 0 Å². The standard InChI is InChI=1S/C13H12F3NOS2/c1-8-17-10(7-19-8)6-12(18)9-2-4-11(5-3-9)20-13(14,15)16/h2-5,7,12,18H,6H2,1H3. The molecule has 0 spiro atoms. The molecule has 1 atom stereocenters. The topological polar surface area (TPSA) is 33.1 Å². The van der Waals surface area contributed by atoms with Crippen LogP contribution in [0.4, 0.5) is 13.2 Å². The van der Waals surface area contributed by atoms with Crippen molar-refractivity contribution in [1.29, 1.82) is 0 Å². The monoisotopic (exact) mass is 319 g/mol. The lowest BCUT2D eigenvalue weighted by molar-refractivity contribution is -0.0328. The zero-order valence-electron chi connectivity index (χ0n) is 10.5. The van der Waals surface area contributed by atoms with E-state index in [0.29, 0.717) is 12.0 Å². The number of aliphatic hydroxyl groups is 1. The summed E-state index contributed by atoms with van der Waals surface area (Å²) in [4.78, 5) is 4.36. The molecule has 0 aliphatic carbocycles. The Hall–Kier alpha value is -1.05. The molecular formula is C13H12F3NOS2. The number of hydrogen-bond donors (Lipinski definition) is 1. The molecule has 0 saturated heterocycles. The molecule has 0 amide bonds. The first kappa shape index (κ1) is 15.3. The SMILES string of the molecule is Cc1nc(CC(O)c2ccc(SC(F)(F)F)cc2)cs1. The molecule has 2 aromatic rings. The lowest BCUT2D eigenvalue weighted by atomic mass is 10.1. The molecule has 2 nitrogen and oxygen atoms in total. The lowest BCUT2D eigenvalue weighted by Gasteiger charge is -2.11. The van der Waals surface area contributed by atoms with E-state index >= 15 is 0 Å². The molecule has 1 aromatic carbocycles. The van der Waals surface area contributed by atoms with Crippen LogP contribution < -0.4 is 0 Å². The molecule has 0 aliphatic heterocycles. The van der Waals surface area contributed by atoms with Crippen molar-refractivity contribution in [1.82, 2.24) is 4.98 Å². The number of aliphatic hydroxyl groups excluding tert-OH is 1. The van der Waals surface area contributed by atoms with Gasteiger partial charge in [0.05, 0.1) is 16.8 Å². The summed E-state index contributed by atoms with van der Waals surface area (Å²) in [6.45, 7) is 1.88. The number of hydrogen-bond acceptors (Lipinski definition) is 4. The fourth-order valence-electron chi connectivity index (χ4n) is 1.71. The van der Waals surface area contributed by atoms with Gasteiger partial charge in [0, 0.05) is 16.7 Å². The maximum atomic E-state index is 12.2. The summed E-state index contributed by atoms with van der Waals surface area (Å²) in [6.07, 6.45) is -0.405. The van der Waals surface area contributed by atoms with Crippen molar-refractivity contribution in [3.8, 4) is 0 Å².